The second-order valence-corrected chi connectivity index (χ2v) is 6.98. The van der Waals surface area contributed by atoms with Crippen LogP contribution in [-0.2, 0) is 11.3 Å². The molecule has 4 heterocycles. The molecule has 0 aromatic carbocycles. The van der Waals surface area contributed by atoms with E-state index in [1.54, 1.807) is 17.5 Å². The minimum Gasteiger partial charge on any atom is -0.388 e. The van der Waals surface area contributed by atoms with Crippen molar-refractivity contribution >= 4 is 17.1 Å². The standard InChI is InChI=1S/C17H20N4O2S/c22-15(16-3-1-8-24-16)9-13-12-23-7-6-20(13)11-14-10-19-17-18-4-2-5-21(14)17/h1-5,8,10,13,15,22H,6-7,9,11-12H2. The number of rotatable bonds is 5. The van der Waals surface area contributed by atoms with Crippen LogP contribution in [-0.4, -0.2) is 50.2 Å². The van der Waals surface area contributed by atoms with E-state index < -0.39 is 6.10 Å². The zero-order valence-electron chi connectivity index (χ0n) is 13.3. The maximum absolute atomic E-state index is 10.5. The van der Waals surface area contributed by atoms with Crippen molar-refractivity contribution in [3.8, 4) is 0 Å². The van der Waals surface area contributed by atoms with Gasteiger partial charge < -0.3 is 9.84 Å². The molecule has 6 nitrogen and oxygen atoms in total. The molecule has 0 bridgehead atoms. The molecular weight excluding hydrogens is 324 g/mol. The van der Waals surface area contributed by atoms with Gasteiger partial charge in [-0.05, 0) is 23.9 Å². The Hall–Kier alpha value is -1.80. The lowest BCUT2D eigenvalue weighted by atomic mass is 10.1. The molecule has 1 aliphatic heterocycles. The molecule has 1 N–H and O–H groups in total. The van der Waals surface area contributed by atoms with Crippen molar-refractivity contribution in [2.75, 3.05) is 19.8 Å². The fourth-order valence-electron chi connectivity index (χ4n) is 3.17. The summed E-state index contributed by atoms with van der Waals surface area (Å²) in [5.74, 6) is 0.718. The van der Waals surface area contributed by atoms with Gasteiger partial charge in [0, 0.05) is 36.4 Å². The molecule has 2 unspecified atom stereocenters. The highest BCUT2D eigenvalue weighted by Crippen LogP contribution is 2.26. The van der Waals surface area contributed by atoms with E-state index in [1.807, 2.05) is 40.4 Å². The monoisotopic (exact) mass is 344 g/mol. The van der Waals surface area contributed by atoms with Crippen molar-refractivity contribution in [3.63, 3.8) is 0 Å². The number of ether oxygens (including phenoxy) is 1. The molecule has 126 valence electrons. The molecule has 1 fully saturated rings. The molecule has 0 aliphatic carbocycles. The molecule has 0 spiro atoms. The SMILES string of the molecule is OC(CC1COCCN1Cc1cnc2ncccn12)c1cccs1. The molecule has 1 aliphatic rings. The lowest BCUT2D eigenvalue weighted by molar-refractivity contribution is -0.0302. The largest absolute Gasteiger partial charge is 0.388 e. The highest BCUT2D eigenvalue weighted by Gasteiger charge is 2.27. The Morgan fingerprint density at radius 1 is 1.38 bits per heavy atom. The average Bonchev–Trinajstić information content (AvgIpc) is 3.27. The van der Waals surface area contributed by atoms with Crippen LogP contribution in [0.3, 0.4) is 0 Å². The Kier molecular flexibility index (Phi) is 4.57. The number of nitrogens with zero attached hydrogens (tertiary/aromatic N) is 4. The molecule has 0 saturated carbocycles. The highest BCUT2D eigenvalue weighted by molar-refractivity contribution is 7.10. The molecule has 2 atom stereocenters. The summed E-state index contributed by atoms with van der Waals surface area (Å²) in [7, 11) is 0. The van der Waals surface area contributed by atoms with Crippen molar-refractivity contribution < 1.29 is 9.84 Å². The van der Waals surface area contributed by atoms with E-state index in [0.717, 1.165) is 36.0 Å². The third-order valence-corrected chi connectivity index (χ3v) is 5.42. The summed E-state index contributed by atoms with van der Waals surface area (Å²) in [5, 5.41) is 12.5. The van der Waals surface area contributed by atoms with Crippen molar-refractivity contribution in [2.24, 2.45) is 0 Å². The van der Waals surface area contributed by atoms with Gasteiger partial charge in [0.25, 0.3) is 0 Å². The van der Waals surface area contributed by atoms with Crippen LogP contribution in [0.1, 0.15) is 23.1 Å². The Labute approximate surface area is 144 Å². The summed E-state index contributed by atoms with van der Waals surface area (Å²) in [5.41, 5.74) is 1.11. The van der Waals surface area contributed by atoms with Crippen molar-refractivity contribution in [1.29, 1.82) is 0 Å². The lowest BCUT2D eigenvalue weighted by Gasteiger charge is -2.36. The van der Waals surface area contributed by atoms with Gasteiger partial charge in [0.1, 0.15) is 0 Å². The van der Waals surface area contributed by atoms with Crippen LogP contribution in [0.15, 0.2) is 42.2 Å². The molecule has 24 heavy (non-hydrogen) atoms. The summed E-state index contributed by atoms with van der Waals surface area (Å²) >= 11 is 1.60. The fourth-order valence-corrected chi connectivity index (χ4v) is 3.90. The van der Waals surface area contributed by atoms with Gasteiger partial charge in [-0.2, -0.15) is 0 Å². The lowest BCUT2D eigenvalue weighted by Crippen LogP contribution is -2.45. The predicted octanol–water partition coefficient (Wildman–Crippen LogP) is 2.12. The first-order chi connectivity index (χ1) is 11.8. The minimum atomic E-state index is -0.442. The van der Waals surface area contributed by atoms with Gasteiger partial charge in [0.05, 0.1) is 31.2 Å². The maximum Gasteiger partial charge on any atom is 0.233 e. The number of aromatic nitrogens is 3. The highest BCUT2D eigenvalue weighted by atomic mass is 32.1. The topological polar surface area (TPSA) is 62.9 Å². The van der Waals surface area contributed by atoms with Gasteiger partial charge in [-0.3, -0.25) is 9.30 Å². The number of hydrogen-bond acceptors (Lipinski definition) is 6. The number of aliphatic hydroxyl groups is 1. The maximum atomic E-state index is 10.5. The zero-order chi connectivity index (χ0) is 16.4. The van der Waals surface area contributed by atoms with Gasteiger partial charge in [0.15, 0.2) is 0 Å². The molecule has 0 amide bonds. The zero-order valence-corrected chi connectivity index (χ0v) is 14.1. The van der Waals surface area contributed by atoms with Crippen molar-refractivity contribution in [2.45, 2.75) is 25.1 Å². The molecule has 7 heteroatoms. The number of morpholine rings is 1. The van der Waals surface area contributed by atoms with E-state index >= 15 is 0 Å². The van der Waals surface area contributed by atoms with Gasteiger partial charge in [-0.25, -0.2) is 9.97 Å². The normalized spacial score (nSPS) is 20.5. The van der Waals surface area contributed by atoms with Crippen molar-refractivity contribution in [3.05, 3.63) is 52.7 Å². The van der Waals surface area contributed by atoms with Crippen LogP contribution in [0.25, 0.3) is 5.78 Å². The first-order valence-corrected chi connectivity index (χ1v) is 8.99. The molecule has 1 saturated heterocycles. The van der Waals surface area contributed by atoms with Gasteiger partial charge in [-0.1, -0.05) is 6.07 Å². The van der Waals surface area contributed by atoms with E-state index in [-0.39, 0.29) is 6.04 Å². The Morgan fingerprint density at radius 2 is 2.33 bits per heavy atom. The van der Waals surface area contributed by atoms with E-state index in [2.05, 4.69) is 14.9 Å². The van der Waals surface area contributed by atoms with Crippen LogP contribution >= 0.6 is 11.3 Å². The van der Waals surface area contributed by atoms with E-state index in [9.17, 15) is 5.11 Å². The van der Waals surface area contributed by atoms with Crippen LogP contribution in [0.2, 0.25) is 0 Å². The van der Waals surface area contributed by atoms with Crippen LogP contribution in [0, 0.1) is 0 Å². The van der Waals surface area contributed by atoms with Crippen LogP contribution in [0.4, 0.5) is 0 Å². The summed E-state index contributed by atoms with van der Waals surface area (Å²) in [6, 6.07) is 6.07. The third-order valence-electron chi connectivity index (χ3n) is 4.45. The fraction of sp³-hybridized carbons (Fsp3) is 0.412. The third kappa shape index (κ3) is 3.21. The predicted molar refractivity (Wildman–Crippen MR) is 91.9 cm³/mol. The second kappa shape index (κ2) is 6.98. The van der Waals surface area contributed by atoms with Gasteiger partial charge >= 0.3 is 0 Å². The Morgan fingerprint density at radius 3 is 3.21 bits per heavy atom. The van der Waals surface area contributed by atoms with Crippen LogP contribution in [0.5, 0.6) is 0 Å². The molecule has 3 aromatic heterocycles. The number of fused-ring (bicyclic) bond motifs is 1. The quantitative estimate of drug-likeness (QED) is 0.768. The second-order valence-electron chi connectivity index (χ2n) is 6.01. The minimum absolute atomic E-state index is 0.193. The first kappa shape index (κ1) is 15.7. The first-order valence-electron chi connectivity index (χ1n) is 8.11. The Balaban J connectivity index is 1.49. The summed E-state index contributed by atoms with van der Waals surface area (Å²) in [4.78, 5) is 12.0. The summed E-state index contributed by atoms with van der Waals surface area (Å²) < 4.78 is 7.67. The smallest absolute Gasteiger partial charge is 0.233 e. The van der Waals surface area contributed by atoms with Crippen molar-refractivity contribution in [1.82, 2.24) is 19.3 Å². The molecule has 3 aromatic rings. The van der Waals surface area contributed by atoms with Gasteiger partial charge in [-0.15, -0.1) is 11.3 Å². The molecular formula is C17H20N4O2S. The van der Waals surface area contributed by atoms with Gasteiger partial charge in [0.2, 0.25) is 5.78 Å². The molecule has 4 rings (SSSR count). The number of hydrogen-bond donors (Lipinski definition) is 1. The number of aliphatic hydroxyl groups excluding tert-OH is 1. The number of thiophene rings is 1. The average molecular weight is 344 g/mol. The van der Waals surface area contributed by atoms with E-state index in [4.69, 9.17) is 4.74 Å². The van der Waals surface area contributed by atoms with E-state index in [0.29, 0.717) is 13.0 Å². The van der Waals surface area contributed by atoms with Crippen LogP contribution < -0.4 is 0 Å². The Bertz CT molecular complexity index is 789. The number of imidazole rings is 1. The van der Waals surface area contributed by atoms with E-state index in [1.165, 1.54) is 0 Å². The summed E-state index contributed by atoms with van der Waals surface area (Å²) in [6.07, 6.45) is 5.85. The molecule has 0 radical (unpaired) electrons. The summed E-state index contributed by atoms with van der Waals surface area (Å²) in [6.45, 7) is 3.01.